The van der Waals surface area contributed by atoms with Crippen molar-refractivity contribution in [1.29, 1.82) is 0 Å². The molecular weight excluding hydrogens is 354 g/mol. The molecule has 3 fully saturated rings. The molecule has 3 aliphatic rings. The molecule has 6 atom stereocenters. The lowest BCUT2D eigenvalue weighted by Crippen LogP contribution is -2.54. The molecule has 150 valence electrons. The number of hydrogen-bond acceptors (Lipinski definition) is 5. The highest BCUT2D eigenvalue weighted by molar-refractivity contribution is 6.20. The van der Waals surface area contributed by atoms with E-state index in [9.17, 15) is 4.79 Å². The van der Waals surface area contributed by atoms with Gasteiger partial charge in [-0.25, -0.2) is 0 Å². The Hall–Kier alpha value is -0.400. The number of halogens is 1. The molecule has 2 saturated heterocycles. The highest BCUT2D eigenvalue weighted by Crippen LogP contribution is 2.26. The van der Waals surface area contributed by atoms with Crippen molar-refractivity contribution in [2.75, 3.05) is 26.3 Å². The van der Waals surface area contributed by atoms with E-state index < -0.39 is 0 Å². The van der Waals surface area contributed by atoms with Crippen LogP contribution >= 0.6 is 11.6 Å². The molecule has 3 rings (SSSR count). The molecule has 26 heavy (non-hydrogen) atoms. The normalized spacial score (nSPS) is 38.7. The minimum Gasteiger partial charge on any atom is -0.395 e. The van der Waals surface area contributed by atoms with Crippen LogP contribution in [0.3, 0.4) is 0 Å². The number of piperidine rings is 2. The van der Waals surface area contributed by atoms with Crippen molar-refractivity contribution >= 4 is 17.5 Å². The molecule has 4 N–H and O–H groups in total. The van der Waals surface area contributed by atoms with Gasteiger partial charge in [0, 0.05) is 24.5 Å². The molecule has 2 aliphatic heterocycles. The third-order valence-corrected chi connectivity index (χ3v) is 6.47. The minimum atomic E-state index is 0.00968. The van der Waals surface area contributed by atoms with Crippen molar-refractivity contribution in [3.05, 3.63) is 0 Å². The Morgan fingerprint density at radius 2 is 2.00 bits per heavy atom. The number of aliphatic hydroxyl groups is 1. The molecule has 7 heteroatoms. The molecule has 0 aromatic heterocycles. The predicted octanol–water partition coefficient (Wildman–Crippen LogP) is 1.36. The number of alkyl halides is 1. The van der Waals surface area contributed by atoms with E-state index in [-0.39, 0.29) is 36.0 Å². The molecule has 6 unspecified atom stereocenters. The second-order valence-corrected chi connectivity index (χ2v) is 8.81. The Bertz CT molecular complexity index is 438. The van der Waals surface area contributed by atoms with Crippen LogP contribution in [0.15, 0.2) is 0 Å². The molecule has 0 radical (unpaired) electrons. The Kier molecular flexibility index (Phi) is 8.00. The summed E-state index contributed by atoms with van der Waals surface area (Å²) in [4.78, 5) is 12.4. The van der Waals surface area contributed by atoms with Crippen LogP contribution in [0.25, 0.3) is 0 Å². The number of aliphatic hydroxyl groups excluding tert-OH is 1. The molecule has 1 saturated carbocycles. The summed E-state index contributed by atoms with van der Waals surface area (Å²) in [5.74, 6) is 0.646. The highest BCUT2D eigenvalue weighted by Gasteiger charge is 2.29. The fourth-order valence-electron chi connectivity index (χ4n) is 4.28. The lowest BCUT2D eigenvalue weighted by atomic mass is 9.93. The van der Waals surface area contributed by atoms with Gasteiger partial charge in [0.05, 0.1) is 31.4 Å². The zero-order valence-electron chi connectivity index (χ0n) is 15.6. The summed E-state index contributed by atoms with van der Waals surface area (Å²) in [6, 6.07) is 0.144. The predicted molar refractivity (Wildman–Crippen MR) is 102 cm³/mol. The van der Waals surface area contributed by atoms with Crippen LogP contribution in [0.1, 0.15) is 51.4 Å². The molecule has 2 heterocycles. The fraction of sp³-hybridized carbons (Fsp3) is 0.947. The van der Waals surface area contributed by atoms with Crippen molar-refractivity contribution in [2.45, 2.75) is 75.1 Å². The largest absolute Gasteiger partial charge is 0.395 e. The van der Waals surface area contributed by atoms with Crippen molar-refractivity contribution in [1.82, 2.24) is 16.0 Å². The maximum Gasteiger partial charge on any atom is 0.225 e. The van der Waals surface area contributed by atoms with E-state index >= 15 is 0 Å². The maximum absolute atomic E-state index is 12.4. The lowest BCUT2D eigenvalue weighted by molar-refractivity contribution is -0.127. The van der Waals surface area contributed by atoms with E-state index in [1.807, 2.05) is 0 Å². The van der Waals surface area contributed by atoms with Gasteiger partial charge in [-0.2, -0.15) is 0 Å². The van der Waals surface area contributed by atoms with Gasteiger partial charge in [-0.05, 0) is 57.3 Å². The third-order valence-electron chi connectivity index (χ3n) is 6.07. The third kappa shape index (κ3) is 6.06. The Morgan fingerprint density at radius 1 is 1.12 bits per heavy atom. The number of carbonyl (C=O) groups is 1. The highest BCUT2D eigenvalue weighted by atomic mass is 35.5. The maximum atomic E-state index is 12.4. The van der Waals surface area contributed by atoms with Gasteiger partial charge in [-0.1, -0.05) is 0 Å². The van der Waals surface area contributed by atoms with E-state index in [2.05, 4.69) is 16.0 Å². The minimum absolute atomic E-state index is 0.00968. The lowest BCUT2D eigenvalue weighted by Gasteiger charge is -2.34. The molecule has 0 aromatic rings. The van der Waals surface area contributed by atoms with Gasteiger partial charge in [0.25, 0.3) is 0 Å². The van der Waals surface area contributed by atoms with Crippen LogP contribution in [0.4, 0.5) is 0 Å². The summed E-state index contributed by atoms with van der Waals surface area (Å²) in [5, 5.41) is 19.3. The fourth-order valence-corrected chi connectivity index (χ4v) is 4.63. The summed E-state index contributed by atoms with van der Waals surface area (Å²) < 4.78 is 6.08. The summed E-state index contributed by atoms with van der Waals surface area (Å²) >= 11 is 6.23. The number of nitrogens with one attached hydrogen (secondary N) is 3. The Labute approximate surface area is 161 Å². The van der Waals surface area contributed by atoms with E-state index in [1.54, 1.807) is 0 Å². The van der Waals surface area contributed by atoms with Crippen LogP contribution in [0.5, 0.6) is 0 Å². The van der Waals surface area contributed by atoms with Gasteiger partial charge in [0.2, 0.25) is 5.91 Å². The number of ether oxygens (including phenoxy) is 1. The second-order valence-electron chi connectivity index (χ2n) is 8.19. The number of carbonyl (C=O) groups excluding carboxylic acids is 1. The van der Waals surface area contributed by atoms with Crippen molar-refractivity contribution in [2.24, 2.45) is 11.8 Å². The van der Waals surface area contributed by atoms with E-state index in [1.165, 1.54) is 6.42 Å². The van der Waals surface area contributed by atoms with Gasteiger partial charge in [-0.3, -0.25) is 10.1 Å². The average Bonchev–Trinajstić information content (AvgIpc) is 2.67. The van der Waals surface area contributed by atoms with Crippen LogP contribution < -0.4 is 16.0 Å². The molecule has 0 bridgehead atoms. The number of hydrogen-bond donors (Lipinski definition) is 4. The summed E-state index contributed by atoms with van der Waals surface area (Å²) in [6.07, 6.45) is 8.51. The van der Waals surface area contributed by atoms with Gasteiger partial charge < -0.3 is 20.5 Å². The topological polar surface area (TPSA) is 82.6 Å². The van der Waals surface area contributed by atoms with Crippen molar-refractivity contribution < 1.29 is 14.6 Å². The van der Waals surface area contributed by atoms with E-state index in [0.717, 1.165) is 58.1 Å². The van der Waals surface area contributed by atoms with Crippen molar-refractivity contribution in [3.63, 3.8) is 0 Å². The Balaban J connectivity index is 1.30. The standard InChI is InChI=1S/C19H34ClN3O3/c20-15-2-1-3-17(8-15)26-12-13-4-7-18(22-9-13)23-19(25)14-5-6-16(11-24)21-10-14/h13-18,21-22,24H,1-12H2,(H,23,25). The van der Waals surface area contributed by atoms with Crippen LogP contribution in [0.2, 0.25) is 0 Å². The average molecular weight is 388 g/mol. The van der Waals surface area contributed by atoms with Crippen LogP contribution in [-0.4, -0.2) is 61.0 Å². The molecule has 1 aliphatic carbocycles. The molecule has 0 aromatic carbocycles. The monoisotopic (exact) mass is 387 g/mol. The van der Waals surface area contributed by atoms with Gasteiger partial charge in [0.1, 0.15) is 0 Å². The van der Waals surface area contributed by atoms with Crippen LogP contribution in [0, 0.1) is 11.8 Å². The van der Waals surface area contributed by atoms with Gasteiger partial charge in [0.15, 0.2) is 0 Å². The second kappa shape index (κ2) is 10.2. The molecule has 0 spiro atoms. The van der Waals surface area contributed by atoms with Crippen LogP contribution in [-0.2, 0) is 9.53 Å². The summed E-state index contributed by atoms with van der Waals surface area (Å²) in [5.41, 5.74) is 0. The van der Waals surface area contributed by atoms with E-state index in [0.29, 0.717) is 18.6 Å². The summed E-state index contributed by atoms with van der Waals surface area (Å²) in [7, 11) is 0. The zero-order chi connectivity index (χ0) is 18.4. The molecule has 6 nitrogen and oxygen atoms in total. The first kappa shape index (κ1) is 20.3. The number of rotatable bonds is 6. The first-order valence-corrected chi connectivity index (χ1v) is 10.7. The van der Waals surface area contributed by atoms with E-state index in [4.69, 9.17) is 21.4 Å². The first-order valence-electron chi connectivity index (χ1n) is 10.3. The van der Waals surface area contributed by atoms with Crippen molar-refractivity contribution in [3.8, 4) is 0 Å². The van der Waals surface area contributed by atoms with Gasteiger partial charge >= 0.3 is 0 Å². The number of amides is 1. The Morgan fingerprint density at radius 3 is 2.65 bits per heavy atom. The summed E-state index contributed by atoms with van der Waals surface area (Å²) in [6.45, 7) is 2.48. The zero-order valence-corrected chi connectivity index (χ0v) is 16.3. The molecular formula is C19H34ClN3O3. The first-order chi connectivity index (χ1) is 12.6. The van der Waals surface area contributed by atoms with Gasteiger partial charge in [-0.15, -0.1) is 11.6 Å². The quantitative estimate of drug-likeness (QED) is 0.517. The molecule has 1 amide bonds. The smallest absolute Gasteiger partial charge is 0.225 e. The SMILES string of the molecule is O=C(NC1CCC(COC2CCCC(Cl)C2)CN1)C1CCC(CO)NC1.